The Morgan fingerprint density at radius 1 is 1.11 bits per heavy atom. The maximum absolute atomic E-state index is 13.8. The van der Waals surface area contributed by atoms with Crippen LogP contribution >= 0.6 is 0 Å². The lowest BCUT2D eigenvalue weighted by atomic mass is 9.99. The number of rotatable bonds is 10. The number of hydrogen-bond acceptors (Lipinski definition) is 4. The van der Waals surface area contributed by atoms with Gasteiger partial charge in [-0.2, -0.15) is 0 Å². The van der Waals surface area contributed by atoms with E-state index in [-0.39, 0.29) is 11.8 Å². The number of aryl methyl sites for hydroxylation is 1. The molecular weight excluding hydrogens is 454 g/mol. The van der Waals surface area contributed by atoms with Crippen molar-refractivity contribution < 1.29 is 19.1 Å². The highest BCUT2D eigenvalue weighted by Gasteiger charge is 2.34. The van der Waals surface area contributed by atoms with Crippen LogP contribution in [0.25, 0.3) is 6.08 Å². The van der Waals surface area contributed by atoms with Gasteiger partial charge in [-0.1, -0.05) is 62.4 Å². The van der Waals surface area contributed by atoms with E-state index in [9.17, 15) is 14.4 Å². The third kappa shape index (κ3) is 8.26. The van der Waals surface area contributed by atoms with Crippen LogP contribution in [0.4, 0.5) is 10.5 Å². The first-order valence-corrected chi connectivity index (χ1v) is 12.4. The molecule has 0 saturated carbocycles. The Kier molecular flexibility index (Phi) is 10.3. The van der Waals surface area contributed by atoms with E-state index < -0.39 is 23.8 Å². The van der Waals surface area contributed by atoms with Crippen LogP contribution in [-0.2, 0) is 14.3 Å². The number of ether oxygens (including phenoxy) is 1. The predicted octanol–water partition coefficient (Wildman–Crippen LogP) is 5.86. The molecule has 7 nitrogen and oxygen atoms in total. The average molecular weight is 494 g/mol. The van der Waals surface area contributed by atoms with Crippen LogP contribution in [0.15, 0.2) is 55.1 Å². The zero-order chi connectivity index (χ0) is 26.9. The van der Waals surface area contributed by atoms with Gasteiger partial charge < -0.3 is 20.3 Å². The van der Waals surface area contributed by atoms with Crippen molar-refractivity contribution in [3.8, 4) is 0 Å². The predicted molar refractivity (Wildman–Crippen MR) is 145 cm³/mol. The van der Waals surface area contributed by atoms with Crippen LogP contribution in [0.3, 0.4) is 0 Å². The minimum absolute atomic E-state index is 0.334. The van der Waals surface area contributed by atoms with Crippen molar-refractivity contribution in [2.45, 2.75) is 72.1 Å². The number of amides is 3. The average Bonchev–Trinajstić information content (AvgIpc) is 2.81. The molecule has 0 aliphatic carbocycles. The quantitative estimate of drug-likeness (QED) is 0.434. The van der Waals surface area contributed by atoms with Crippen molar-refractivity contribution in [3.63, 3.8) is 0 Å². The van der Waals surface area contributed by atoms with Gasteiger partial charge in [-0.25, -0.2) is 4.79 Å². The van der Waals surface area contributed by atoms with Crippen molar-refractivity contribution in [3.05, 3.63) is 71.8 Å². The molecule has 0 radical (unpaired) electrons. The van der Waals surface area contributed by atoms with E-state index >= 15 is 0 Å². The molecule has 2 aromatic rings. The summed E-state index contributed by atoms with van der Waals surface area (Å²) < 4.78 is 5.32. The van der Waals surface area contributed by atoms with Gasteiger partial charge in [-0.15, -0.1) is 0 Å². The molecule has 194 valence electrons. The van der Waals surface area contributed by atoms with Gasteiger partial charge in [0.1, 0.15) is 17.7 Å². The molecule has 0 spiro atoms. The number of anilines is 1. The standard InChI is InChI=1S/C29H39N3O4/c1-8-10-18-32(27(34)21(4)30-28(35)36-29(5,6)7)25(23-16-13-15-22(9-2)19-23)26(33)31-24-17-12-11-14-20(24)3/h9,11-17,19,21,25H,2,8,10,18H2,1,3-7H3,(H,30,35)(H,31,33). The maximum Gasteiger partial charge on any atom is 0.408 e. The van der Waals surface area contributed by atoms with Gasteiger partial charge in [-0.05, 0) is 69.9 Å². The molecule has 0 saturated heterocycles. The molecule has 2 aromatic carbocycles. The van der Waals surface area contributed by atoms with E-state index in [4.69, 9.17) is 4.74 Å². The Balaban J connectivity index is 2.46. The molecule has 7 heteroatoms. The van der Waals surface area contributed by atoms with Crippen LogP contribution in [-0.4, -0.2) is 41.0 Å². The van der Waals surface area contributed by atoms with Gasteiger partial charge in [0.15, 0.2) is 0 Å². The molecule has 2 unspecified atom stereocenters. The minimum Gasteiger partial charge on any atom is -0.444 e. The lowest BCUT2D eigenvalue weighted by Gasteiger charge is -2.34. The summed E-state index contributed by atoms with van der Waals surface area (Å²) in [6, 6.07) is 13.1. The molecule has 0 fully saturated rings. The number of carbonyl (C=O) groups excluding carboxylic acids is 3. The number of unbranched alkanes of at least 4 members (excludes halogenated alkanes) is 1. The van der Waals surface area contributed by atoms with Crippen LogP contribution in [0.1, 0.15) is 70.2 Å². The fraction of sp³-hybridized carbons (Fsp3) is 0.414. The number of para-hydroxylation sites is 1. The van der Waals surface area contributed by atoms with Crippen molar-refractivity contribution in [1.82, 2.24) is 10.2 Å². The Bertz CT molecular complexity index is 1070. The molecule has 0 aliphatic heterocycles. The lowest BCUT2D eigenvalue weighted by Crippen LogP contribution is -2.51. The summed E-state index contributed by atoms with van der Waals surface area (Å²) in [5, 5.41) is 5.62. The van der Waals surface area contributed by atoms with E-state index in [0.29, 0.717) is 24.2 Å². The largest absolute Gasteiger partial charge is 0.444 e. The molecule has 0 aromatic heterocycles. The summed E-state index contributed by atoms with van der Waals surface area (Å²) in [5.41, 5.74) is 2.39. The Hall–Kier alpha value is -3.61. The fourth-order valence-corrected chi connectivity index (χ4v) is 3.73. The third-order valence-corrected chi connectivity index (χ3v) is 5.56. The van der Waals surface area contributed by atoms with Crippen molar-refractivity contribution >= 4 is 29.7 Å². The van der Waals surface area contributed by atoms with Crippen molar-refractivity contribution in [2.24, 2.45) is 0 Å². The van der Waals surface area contributed by atoms with Crippen molar-refractivity contribution in [2.75, 3.05) is 11.9 Å². The van der Waals surface area contributed by atoms with Gasteiger partial charge in [0.05, 0.1) is 0 Å². The first-order valence-electron chi connectivity index (χ1n) is 12.4. The first-order chi connectivity index (χ1) is 17.0. The number of hydrogen-bond donors (Lipinski definition) is 2. The molecular formula is C29H39N3O4. The van der Waals surface area contributed by atoms with E-state index in [2.05, 4.69) is 17.2 Å². The number of nitrogens with one attached hydrogen (secondary N) is 2. The fourth-order valence-electron chi connectivity index (χ4n) is 3.73. The number of carbonyl (C=O) groups is 3. The van der Waals surface area contributed by atoms with Gasteiger partial charge in [-0.3, -0.25) is 9.59 Å². The molecule has 2 N–H and O–H groups in total. The summed E-state index contributed by atoms with van der Waals surface area (Å²) in [6.45, 7) is 15.0. The molecule has 0 heterocycles. The van der Waals surface area contributed by atoms with E-state index in [0.717, 1.165) is 17.5 Å². The molecule has 3 amide bonds. The highest BCUT2D eigenvalue weighted by atomic mass is 16.6. The van der Waals surface area contributed by atoms with E-state index in [1.807, 2.05) is 62.4 Å². The summed E-state index contributed by atoms with van der Waals surface area (Å²) in [7, 11) is 0. The van der Waals surface area contributed by atoms with Gasteiger partial charge in [0, 0.05) is 12.2 Å². The summed E-state index contributed by atoms with van der Waals surface area (Å²) in [5.74, 6) is -0.706. The SMILES string of the molecule is C=Cc1cccc(C(C(=O)Nc2ccccc2C)N(CCCC)C(=O)C(C)NC(=O)OC(C)(C)C)c1. The normalized spacial score (nSPS) is 12.7. The Morgan fingerprint density at radius 3 is 2.42 bits per heavy atom. The molecule has 0 bridgehead atoms. The second-order valence-corrected chi connectivity index (χ2v) is 9.83. The van der Waals surface area contributed by atoms with Gasteiger partial charge >= 0.3 is 6.09 Å². The van der Waals surface area contributed by atoms with Gasteiger partial charge in [0.25, 0.3) is 5.91 Å². The first kappa shape index (κ1) is 28.6. The Morgan fingerprint density at radius 2 is 1.81 bits per heavy atom. The molecule has 2 atom stereocenters. The lowest BCUT2D eigenvalue weighted by molar-refractivity contribution is -0.140. The molecule has 36 heavy (non-hydrogen) atoms. The summed E-state index contributed by atoms with van der Waals surface area (Å²) >= 11 is 0. The zero-order valence-corrected chi connectivity index (χ0v) is 22.3. The van der Waals surface area contributed by atoms with E-state index in [1.165, 1.54) is 0 Å². The Labute approximate surface area is 214 Å². The summed E-state index contributed by atoms with van der Waals surface area (Å²) in [4.78, 5) is 41.4. The van der Waals surface area contributed by atoms with Crippen LogP contribution in [0, 0.1) is 6.92 Å². The maximum atomic E-state index is 13.8. The van der Waals surface area contributed by atoms with Crippen LogP contribution < -0.4 is 10.6 Å². The van der Waals surface area contributed by atoms with Gasteiger partial charge in [0.2, 0.25) is 5.91 Å². The topological polar surface area (TPSA) is 87.7 Å². The number of benzene rings is 2. The minimum atomic E-state index is -0.911. The van der Waals surface area contributed by atoms with Crippen LogP contribution in [0.5, 0.6) is 0 Å². The molecule has 0 aliphatic rings. The smallest absolute Gasteiger partial charge is 0.408 e. The van der Waals surface area contributed by atoms with Crippen molar-refractivity contribution in [1.29, 1.82) is 0 Å². The highest BCUT2D eigenvalue weighted by Crippen LogP contribution is 2.27. The highest BCUT2D eigenvalue weighted by molar-refractivity contribution is 5.99. The second kappa shape index (κ2) is 12.9. The van der Waals surface area contributed by atoms with Crippen LogP contribution in [0.2, 0.25) is 0 Å². The number of nitrogens with zero attached hydrogens (tertiary/aromatic N) is 1. The molecule has 2 rings (SSSR count). The monoisotopic (exact) mass is 493 g/mol. The summed E-state index contributed by atoms with van der Waals surface area (Å²) in [6.07, 6.45) is 2.54. The second-order valence-electron chi connectivity index (χ2n) is 9.83. The van der Waals surface area contributed by atoms with E-state index in [1.54, 1.807) is 38.7 Å². The zero-order valence-electron chi connectivity index (χ0n) is 22.3. The third-order valence-electron chi connectivity index (χ3n) is 5.56. The number of alkyl carbamates (subject to hydrolysis) is 1.